The first-order chi connectivity index (χ1) is 8.99. The highest BCUT2D eigenvalue weighted by atomic mass is 35.5. The van der Waals surface area contributed by atoms with E-state index in [0.29, 0.717) is 11.3 Å². The molecule has 106 valence electrons. The van der Waals surface area contributed by atoms with E-state index in [1.54, 1.807) is 25.3 Å². The second-order valence-electron chi connectivity index (χ2n) is 4.02. The van der Waals surface area contributed by atoms with E-state index in [0.717, 1.165) is 17.3 Å². The van der Waals surface area contributed by atoms with E-state index in [9.17, 15) is 15.0 Å². The molecule has 0 aromatic heterocycles. The molecule has 0 radical (unpaired) electrons. The Hall–Kier alpha value is -0.750. The molecule has 0 aliphatic carbocycles. The number of alkyl halides is 1. The molecule has 0 aliphatic heterocycles. The third-order valence-corrected chi connectivity index (χ3v) is 3.81. The van der Waals surface area contributed by atoms with Gasteiger partial charge in [-0.15, -0.1) is 11.6 Å². The summed E-state index contributed by atoms with van der Waals surface area (Å²) in [4.78, 5) is 10.8. The minimum absolute atomic E-state index is 0.0950. The van der Waals surface area contributed by atoms with Crippen molar-refractivity contribution in [2.75, 3.05) is 12.9 Å². The van der Waals surface area contributed by atoms with E-state index in [1.165, 1.54) is 6.92 Å². The molecule has 19 heavy (non-hydrogen) atoms. The molecule has 0 saturated heterocycles. The summed E-state index contributed by atoms with van der Waals surface area (Å²) in [5, 5.41) is 19.8. The second-order valence-corrected chi connectivity index (χ2v) is 5.48. The lowest BCUT2D eigenvalue weighted by molar-refractivity contribution is -0.109. The zero-order valence-corrected chi connectivity index (χ0v) is 12.4. The molecule has 2 atom stereocenters. The lowest BCUT2D eigenvalue weighted by atomic mass is 10.0. The Bertz CT molecular complexity index is 439. The van der Waals surface area contributed by atoms with Crippen LogP contribution >= 0.6 is 23.4 Å². The van der Waals surface area contributed by atoms with Gasteiger partial charge in [0.25, 0.3) is 0 Å². The second kappa shape index (κ2) is 7.75. The molecule has 6 heteroatoms. The number of methoxy groups -OCH3 is 1. The average molecular weight is 305 g/mol. The van der Waals surface area contributed by atoms with Gasteiger partial charge in [0.15, 0.2) is 5.12 Å². The highest BCUT2D eigenvalue weighted by molar-refractivity contribution is 8.13. The number of thioether (sulfide) groups is 1. The predicted octanol–water partition coefficient (Wildman–Crippen LogP) is 2.11. The van der Waals surface area contributed by atoms with Gasteiger partial charge in [0.1, 0.15) is 11.9 Å². The fourth-order valence-corrected chi connectivity index (χ4v) is 2.40. The number of hydrogen-bond donors (Lipinski definition) is 2. The monoisotopic (exact) mass is 304 g/mol. The number of halogens is 1. The normalized spacial score (nSPS) is 13.9. The lowest BCUT2D eigenvalue weighted by Crippen LogP contribution is -2.21. The third kappa shape index (κ3) is 4.69. The molecule has 0 heterocycles. The molecule has 0 saturated carbocycles. The van der Waals surface area contributed by atoms with E-state index >= 15 is 0 Å². The Morgan fingerprint density at radius 1 is 1.47 bits per heavy atom. The van der Waals surface area contributed by atoms with Crippen LogP contribution in [-0.2, 0) is 10.7 Å². The Balaban J connectivity index is 2.81. The van der Waals surface area contributed by atoms with Crippen LogP contribution in [-0.4, -0.2) is 34.3 Å². The summed E-state index contributed by atoms with van der Waals surface area (Å²) in [7, 11) is 1.54. The van der Waals surface area contributed by atoms with Gasteiger partial charge in [-0.05, 0) is 17.7 Å². The highest BCUT2D eigenvalue weighted by Gasteiger charge is 2.20. The fraction of sp³-hybridized carbons (Fsp3) is 0.462. The van der Waals surface area contributed by atoms with E-state index in [-0.39, 0.29) is 16.7 Å². The maximum Gasteiger partial charge on any atom is 0.185 e. The lowest BCUT2D eigenvalue weighted by Gasteiger charge is -2.18. The van der Waals surface area contributed by atoms with Crippen LogP contribution in [0.1, 0.15) is 24.2 Å². The van der Waals surface area contributed by atoms with Gasteiger partial charge in [0.05, 0.1) is 19.1 Å². The topological polar surface area (TPSA) is 66.8 Å². The molecule has 1 aromatic rings. The van der Waals surface area contributed by atoms with Crippen molar-refractivity contribution in [3.63, 3.8) is 0 Å². The van der Waals surface area contributed by atoms with Gasteiger partial charge in [-0.25, -0.2) is 0 Å². The van der Waals surface area contributed by atoms with Gasteiger partial charge in [0.2, 0.25) is 0 Å². The molecule has 0 aliphatic rings. The molecular formula is C13H17ClO4S. The number of ether oxygens (including phenoxy) is 1. The summed E-state index contributed by atoms with van der Waals surface area (Å²) in [6.45, 7) is 1.42. The maximum atomic E-state index is 10.8. The van der Waals surface area contributed by atoms with E-state index < -0.39 is 12.2 Å². The van der Waals surface area contributed by atoms with E-state index in [4.69, 9.17) is 16.3 Å². The van der Waals surface area contributed by atoms with Crippen LogP contribution in [0.5, 0.6) is 5.75 Å². The summed E-state index contributed by atoms with van der Waals surface area (Å²) in [5.41, 5.74) is 1.29. The first-order valence-electron chi connectivity index (χ1n) is 5.71. The van der Waals surface area contributed by atoms with Crippen LogP contribution in [0.15, 0.2) is 18.2 Å². The summed E-state index contributed by atoms with van der Waals surface area (Å²) in [6, 6.07) is 5.06. The van der Waals surface area contributed by atoms with E-state index in [2.05, 4.69) is 0 Å². The van der Waals surface area contributed by atoms with Gasteiger partial charge in [0, 0.05) is 18.2 Å². The fourth-order valence-electron chi connectivity index (χ4n) is 1.60. The molecular weight excluding hydrogens is 288 g/mol. The van der Waals surface area contributed by atoms with Crippen molar-refractivity contribution < 1.29 is 19.7 Å². The number of benzene rings is 1. The summed E-state index contributed by atoms with van der Waals surface area (Å²) in [5.74, 6) is 1.04. The zero-order valence-electron chi connectivity index (χ0n) is 10.8. The van der Waals surface area contributed by atoms with Crippen LogP contribution in [0.25, 0.3) is 0 Å². The zero-order chi connectivity index (χ0) is 14.4. The predicted molar refractivity (Wildman–Crippen MR) is 76.7 cm³/mol. The van der Waals surface area contributed by atoms with Crippen molar-refractivity contribution in [3.8, 4) is 5.75 Å². The number of hydrogen-bond acceptors (Lipinski definition) is 5. The van der Waals surface area contributed by atoms with Gasteiger partial charge < -0.3 is 14.9 Å². The number of aliphatic hydroxyl groups excluding tert-OH is 2. The van der Waals surface area contributed by atoms with Gasteiger partial charge in [-0.2, -0.15) is 0 Å². The molecule has 0 fully saturated rings. The molecule has 1 aromatic carbocycles. The number of carbonyl (C=O) groups excluding carboxylic acids is 1. The molecule has 4 nitrogen and oxygen atoms in total. The summed E-state index contributed by atoms with van der Waals surface area (Å²) >= 11 is 6.78. The highest BCUT2D eigenvalue weighted by Crippen LogP contribution is 2.27. The van der Waals surface area contributed by atoms with E-state index in [1.807, 2.05) is 0 Å². The van der Waals surface area contributed by atoms with Crippen molar-refractivity contribution in [2.24, 2.45) is 0 Å². The third-order valence-electron chi connectivity index (χ3n) is 2.61. The number of aliphatic hydroxyl groups is 2. The Morgan fingerprint density at radius 2 is 2.16 bits per heavy atom. The molecule has 0 amide bonds. The molecule has 2 unspecified atom stereocenters. The largest absolute Gasteiger partial charge is 0.496 e. The Kier molecular flexibility index (Phi) is 6.65. The van der Waals surface area contributed by atoms with Crippen LogP contribution in [0, 0.1) is 0 Å². The van der Waals surface area contributed by atoms with Crippen LogP contribution in [0.3, 0.4) is 0 Å². The Morgan fingerprint density at radius 3 is 2.68 bits per heavy atom. The average Bonchev–Trinajstić information content (AvgIpc) is 2.42. The SMILES string of the molecule is COc1ccc(C(O)C(O)CSC(C)=O)cc1CCl. The van der Waals surface area contributed by atoms with Gasteiger partial charge >= 0.3 is 0 Å². The van der Waals surface area contributed by atoms with Crippen molar-refractivity contribution >= 4 is 28.5 Å². The molecule has 2 N–H and O–H groups in total. The van der Waals surface area contributed by atoms with Crippen molar-refractivity contribution in [1.82, 2.24) is 0 Å². The number of rotatable bonds is 6. The summed E-state index contributed by atoms with van der Waals surface area (Å²) < 4.78 is 5.13. The molecule has 0 spiro atoms. The molecule has 1 rings (SSSR count). The Labute approximate surface area is 121 Å². The van der Waals surface area contributed by atoms with Crippen LogP contribution < -0.4 is 4.74 Å². The smallest absolute Gasteiger partial charge is 0.185 e. The van der Waals surface area contributed by atoms with Gasteiger partial charge in [-0.3, -0.25) is 4.79 Å². The summed E-state index contributed by atoms with van der Waals surface area (Å²) in [6.07, 6.45) is -2.06. The van der Waals surface area contributed by atoms with Crippen LogP contribution in [0.4, 0.5) is 0 Å². The molecule has 0 bridgehead atoms. The quantitative estimate of drug-likeness (QED) is 0.788. The number of carbonyl (C=O) groups is 1. The minimum atomic E-state index is -1.06. The van der Waals surface area contributed by atoms with Crippen molar-refractivity contribution in [2.45, 2.75) is 25.0 Å². The maximum absolute atomic E-state index is 10.8. The first-order valence-corrected chi connectivity index (χ1v) is 7.23. The van der Waals surface area contributed by atoms with Crippen LogP contribution in [0.2, 0.25) is 0 Å². The first kappa shape index (κ1) is 16.3. The van der Waals surface area contributed by atoms with Crippen molar-refractivity contribution in [3.05, 3.63) is 29.3 Å². The minimum Gasteiger partial charge on any atom is -0.496 e. The van der Waals surface area contributed by atoms with Gasteiger partial charge in [-0.1, -0.05) is 17.8 Å². The standard InChI is InChI=1S/C13H17ClO4S/c1-8(15)19-7-11(16)13(17)9-3-4-12(18-2)10(5-9)6-14/h3-5,11,13,16-17H,6-7H2,1-2H3. The van der Waals surface area contributed by atoms with Crippen molar-refractivity contribution in [1.29, 1.82) is 0 Å².